The zero-order valence-electron chi connectivity index (χ0n) is 13.8. The molecule has 1 atom stereocenters. The van der Waals surface area contributed by atoms with Gasteiger partial charge < -0.3 is 4.42 Å². The van der Waals surface area contributed by atoms with Crippen molar-refractivity contribution in [2.24, 2.45) is 5.92 Å². The Morgan fingerprint density at radius 1 is 1.23 bits per heavy atom. The van der Waals surface area contributed by atoms with E-state index in [0.29, 0.717) is 24.3 Å². The van der Waals surface area contributed by atoms with Crippen molar-refractivity contribution in [3.05, 3.63) is 41.8 Å². The summed E-state index contributed by atoms with van der Waals surface area (Å²) in [5, 5.41) is 10.2. The quantitative estimate of drug-likeness (QED) is 0.722. The molecule has 2 amide bonds. The van der Waals surface area contributed by atoms with Gasteiger partial charge in [0, 0.05) is 12.0 Å². The first-order chi connectivity index (χ1) is 12.4. The van der Waals surface area contributed by atoms with Crippen LogP contribution >= 0.6 is 11.8 Å². The predicted molar refractivity (Wildman–Crippen MR) is 94.4 cm³/mol. The Balaban J connectivity index is 1.46. The summed E-state index contributed by atoms with van der Waals surface area (Å²) in [6.45, 7) is 0. The van der Waals surface area contributed by atoms with E-state index < -0.39 is 21.7 Å². The molecule has 1 N–H and O–H groups in total. The molecule has 8 nitrogen and oxygen atoms in total. The molecule has 0 unspecified atom stereocenters. The Morgan fingerprint density at radius 3 is 2.69 bits per heavy atom. The number of nitrogens with one attached hydrogen (secondary N) is 1. The Labute approximate surface area is 154 Å². The highest BCUT2D eigenvalue weighted by Crippen LogP contribution is 2.23. The lowest BCUT2D eigenvalue weighted by Crippen LogP contribution is -2.31. The Hall–Kier alpha value is -2.20. The third-order valence-electron chi connectivity index (χ3n) is 3.85. The summed E-state index contributed by atoms with van der Waals surface area (Å²) in [5.41, 5.74) is 0.400. The second-order valence-corrected chi connectivity index (χ2v) is 9.12. The minimum Gasteiger partial charge on any atom is -0.416 e. The normalized spacial score (nSPS) is 18.5. The highest BCUT2D eigenvalue weighted by molar-refractivity contribution is 7.99. The first-order valence-corrected chi connectivity index (χ1v) is 10.8. The van der Waals surface area contributed by atoms with E-state index in [9.17, 15) is 18.0 Å². The van der Waals surface area contributed by atoms with Crippen LogP contribution in [0.1, 0.15) is 22.7 Å². The van der Waals surface area contributed by atoms with Gasteiger partial charge in [-0.2, -0.15) is 0 Å². The van der Waals surface area contributed by atoms with Gasteiger partial charge in [0.2, 0.25) is 11.8 Å². The summed E-state index contributed by atoms with van der Waals surface area (Å²) in [7, 11) is -2.94. The average Bonchev–Trinajstić information content (AvgIpc) is 3.20. The van der Waals surface area contributed by atoms with Gasteiger partial charge >= 0.3 is 0 Å². The molecule has 1 aromatic carbocycles. The molecule has 1 aromatic heterocycles. The lowest BCUT2D eigenvalue weighted by Gasteiger charge is -2.03. The smallest absolute Gasteiger partial charge is 0.277 e. The van der Waals surface area contributed by atoms with Crippen LogP contribution < -0.4 is 5.32 Å². The molecular weight excluding hydrogens is 378 g/mol. The second kappa shape index (κ2) is 8.00. The van der Waals surface area contributed by atoms with Crippen molar-refractivity contribution in [2.45, 2.75) is 18.1 Å². The van der Waals surface area contributed by atoms with Crippen LogP contribution in [0.4, 0.5) is 0 Å². The number of carbonyl (C=O) groups is 2. The number of rotatable bonds is 6. The second-order valence-electron chi connectivity index (χ2n) is 5.97. The number of sulfone groups is 1. The molecule has 138 valence electrons. The summed E-state index contributed by atoms with van der Waals surface area (Å²) in [4.78, 5) is 23.7. The Kier molecular flexibility index (Phi) is 5.72. The van der Waals surface area contributed by atoms with E-state index in [1.54, 1.807) is 30.3 Å². The molecule has 1 aliphatic heterocycles. The summed E-state index contributed by atoms with van der Waals surface area (Å²) < 4.78 is 28.4. The number of hydrogen-bond donors (Lipinski definition) is 1. The molecule has 0 saturated carbocycles. The molecule has 1 saturated heterocycles. The first kappa shape index (κ1) is 18.6. The van der Waals surface area contributed by atoms with Crippen molar-refractivity contribution in [3.8, 4) is 0 Å². The zero-order valence-corrected chi connectivity index (χ0v) is 15.4. The maximum Gasteiger partial charge on any atom is 0.277 e. The van der Waals surface area contributed by atoms with Crippen LogP contribution in [0.3, 0.4) is 0 Å². The van der Waals surface area contributed by atoms with Crippen molar-refractivity contribution in [1.82, 2.24) is 15.5 Å². The zero-order chi connectivity index (χ0) is 18.6. The standard InChI is InChI=1S/C16H17N3O5S2/c20-13(17-15(21)12-4-2-1-3-5-12)9-25-16-19-18-14(24-16)8-11-6-7-26(22,23)10-11/h1-5,11H,6-10H2,(H,17,20,21)/t11-/m1/s1. The summed E-state index contributed by atoms with van der Waals surface area (Å²) in [6, 6.07) is 8.43. The third-order valence-corrected chi connectivity index (χ3v) is 6.51. The summed E-state index contributed by atoms with van der Waals surface area (Å²) in [6.07, 6.45) is 1.00. The predicted octanol–water partition coefficient (Wildman–Crippen LogP) is 1.10. The van der Waals surface area contributed by atoms with Crippen LogP contribution in [-0.4, -0.2) is 47.7 Å². The molecule has 1 aliphatic rings. The van der Waals surface area contributed by atoms with Gasteiger partial charge in [-0.3, -0.25) is 14.9 Å². The lowest BCUT2D eigenvalue weighted by molar-refractivity contribution is -0.117. The van der Waals surface area contributed by atoms with Crippen LogP contribution in [0.15, 0.2) is 40.0 Å². The SMILES string of the molecule is O=C(CSc1nnc(C[C@H]2CCS(=O)(=O)C2)o1)NC(=O)c1ccccc1. The minimum absolute atomic E-state index is 0.00917. The van der Waals surface area contributed by atoms with Gasteiger partial charge in [0.05, 0.1) is 17.3 Å². The fraction of sp³-hybridized carbons (Fsp3) is 0.375. The van der Waals surface area contributed by atoms with E-state index in [0.717, 1.165) is 11.8 Å². The van der Waals surface area contributed by atoms with E-state index >= 15 is 0 Å². The van der Waals surface area contributed by atoms with Crippen LogP contribution in [0.25, 0.3) is 0 Å². The van der Waals surface area contributed by atoms with Gasteiger partial charge in [-0.1, -0.05) is 30.0 Å². The molecule has 26 heavy (non-hydrogen) atoms. The molecule has 2 aromatic rings. The number of imide groups is 1. The van der Waals surface area contributed by atoms with E-state index in [1.807, 2.05) is 0 Å². The van der Waals surface area contributed by atoms with Crippen molar-refractivity contribution < 1.29 is 22.4 Å². The number of carbonyl (C=O) groups excluding carboxylic acids is 2. The molecule has 0 aliphatic carbocycles. The highest BCUT2D eigenvalue weighted by Gasteiger charge is 2.29. The Morgan fingerprint density at radius 2 is 2.00 bits per heavy atom. The molecule has 1 fully saturated rings. The summed E-state index contributed by atoms with van der Waals surface area (Å²) >= 11 is 1.02. The van der Waals surface area contributed by atoms with Gasteiger partial charge in [-0.25, -0.2) is 8.42 Å². The van der Waals surface area contributed by atoms with Crippen molar-refractivity contribution in [2.75, 3.05) is 17.3 Å². The maximum absolute atomic E-state index is 11.9. The van der Waals surface area contributed by atoms with Crippen LogP contribution in [0, 0.1) is 5.92 Å². The maximum atomic E-state index is 11.9. The highest BCUT2D eigenvalue weighted by atomic mass is 32.2. The third kappa shape index (κ3) is 5.15. The number of nitrogens with zero attached hydrogens (tertiary/aromatic N) is 2. The Bertz CT molecular complexity index is 896. The van der Waals surface area contributed by atoms with E-state index in [1.165, 1.54) is 0 Å². The molecule has 3 rings (SSSR count). The van der Waals surface area contributed by atoms with Crippen molar-refractivity contribution in [1.29, 1.82) is 0 Å². The average molecular weight is 395 g/mol. The molecular formula is C16H17N3O5S2. The number of benzene rings is 1. The fourth-order valence-electron chi connectivity index (χ4n) is 2.61. The van der Waals surface area contributed by atoms with Gasteiger partial charge in [-0.05, 0) is 24.5 Å². The first-order valence-electron chi connectivity index (χ1n) is 7.96. The van der Waals surface area contributed by atoms with Crippen LogP contribution in [0.5, 0.6) is 0 Å². The van der Waals surface area contributed by atoms with Gasteiger partial charge in [-0.15, -0.1) is 10.2 Å². The fourth-order valence-corrected chi connectivity index (χ4v) is 5.05. The van der Waals surface area contributed by atoms with Crippen molar-refractivity contribution >= 4 is 33.4 Å². The van der Waals surface area contributed by atoms with Gasteiger partial charge in [0.1, 0.15) is 0 Å². The van der Waals surface area contributed by atoms with Crippen molar-refractivity contribution in [3.63, 3.8) is 0 Å². The topological polar surface area (TPSA) is 119 Å². The number of hydrogen-bond acceptors (Lipinski definition) is 8. The molecule has 0 bridgehead atoms. The molecule has 0 radical (unpaired) electrons. The van der Waals surface area contributed by atoms with Gasteiger partial charge in [0.25, 0.3) is 11.1 Å². The van der Waals surface area contributed by atoms with Crippen LogP contribution in [-0.2, 0) is 21.1 Å². The van der Waals surface area contributed by atoms with Gasteiger partial charge in [0.15, 0.2) is 9.84 Å². The molecule has 10 heteroatoms. The lowest BCUT2D eigenvalue weighted by atomic mass is 10.1. The number of thioether (sulfide) groups is 1. The van der Waals surface area contributed by atoms with E-state index in [2.05, 4.69) is 15.5 Å². The minimum atomic E-state index is -2.94. The largest absolute Gasteiger partial charge is 0.416 e. The number of amides is 2. The van der Waals surface area contributed by atoms with E-state index in [4.69, 9.17) is 4.42 Å². The van der Waals surface area contributed by atoms with E-state index in [-0.39, 0.29) is 28.4 Å². The summed E-state index contributed by atoms with van der Waals surface area (Å²) in [5.74, 6) is -0.293. The van der Waals surface area contributed by atoms with Crippen LogP contribution in [0.2, 0.25) is 0 Å². The monoisotopic (exact) mass is 395 g/mol. The molecule has 0 spiro atoms. The number of aromatic nitrogens is 2. The molecule has 2 heterocycles.